The summed E-state index contributed by atoms with van der Waals surface area (Å²) in [7, 11) is 0. The normalized spacial score (nSPS) is 31.3. The van der Waals surface area contributed by atoms with E-state index in [1.54, 1.807) is 0 Å². The molecule has 2 unspecified atom stereocenters. The molecule has 4 aromatic rings. The van der Waals surface area contributed by atoms with E-state index in [0.29, 0.717) is 0 Å². The molecule has 18 nitrogen and oxygen atoms in total. The maximum Gasteiger partial charge on any atom is 0.325 e. The van der Waals surface area contributed by atoms with Crippen LogP contribution in [0, 0.1) is 0 Å². The smallest absolute Gasteiger partial charge is 0.325 e. The van der Waals surface area contributed by atoms with Gasteiger partial charge in [0, 0.05) is 0 Å². The van der Waals surface area contributed by atoms with E-state index in [2.05, 4.69) is 29.9 Å². The number of fused-ring (bicyclic) bond motifs is 2. The number of rotatable bonds is 8. The van der Waals surface area contributed by atoms with Crippen LogP contribution in [0.25, 0.3) is 22.3 Å². The van der Waals surface area contributed by atoms with Crippen LogP contribution >= 0.6 is 6.72 Å². The van der Waals surface area contributed by atoms with Gasteiger partial charge in [0.25, 0.3) is 5.56 Å². The van der Waals surface area contributed by atoms with Crippen molar-refractivity contribution >= 4 is 52.6 Å². The molecule has 0 radical (unpaired) electrons. The van der Waals surface area contributed by atoms with Crippen molar-refractivity contribution in [1.82, 2.24) is 39.0 Å². The van der Waals surface area contributed by atoms with Crippen molar-refractivity contribution in [3.8, 4) is 0 Å². The number of halogens is 2. The minimum Gasteiger partial charge on any atom is -0.394 e. The number of aromatic nitrogens is 8. The Kier molecular flexibility index (Phi) is 7.40. The fraction of sp³-hybridized carbons (Fsp3) is 0.500. The van der Waals surface area contributed by atoms with E-state index in [4.69, 9.17) is 41.8 Å². The molecule has 2 aliphatic rings. The molecular formula is C20H23F2N10O8PS. The third-order valence-electron chi connectivity index (χ3n) is 6.78. The van der Waals surface area contributed by atoms with Crippen molar-refractivity contribution in [2.45, 2.75) is 49.2 Å². The van der Waals surface area contributed by atoms with Crippen LogP contribution in [0.5, 0.6) is 0 Å². The van der Waals surface area contributed by atoms with Gasteiger partial charge < -0.3 is 40.6 Å². The minimum atomic E-state index is -4.34. The highest BCUT2D eigenvalue weighted by Crippen LogP contribution is 2.51. The average Bonchev–Trinajstić information content (AvgIpc) is 3.69. The number of alkyl halides is 2. The molecule has 2 saturated heterocycles. The third-order valence-corrected chi connectivity index (χ3v) is 8.34. The second-order valence-electron chi connectivity index (χ2n) is 9.38. The van der Waals surface area contributed by atoms with Gasteiger partial charge in [0.2, 0.25) is 5.95 Å². The number of ether oxygens (including phenoxy) is 2. The number of hydrogen-bond acceptors (Lipinski definition) is 15. The number of nitrogen functional groups attached to an aromatic ring is 2. The quantitative estimate of drug-likeness (QED) is 0.122. The summed E-state index contributed by atoms with van der Waals surface area (Å²) >= 11 is 5.06. The Bertz CT molecular complexity index is 1740. The maximum absolute atomic E-state index is 15.3. The topological polar surface area (TPSA) is 257 Å². The molecule has 0 aliphatic carbocycles. The van der Waals surface area contributed by atoms with Crippen molar-refractivity contribution in [3.05, 3.63) is 29.3 Å². The first kappa shape index (κ1) is 28.8. The van der Waals surface area contributed by atoms with Gasteiger partial charge in [-0.2, -0.15) is 4.98 Å². The fourth-order valence-electron chi connectivity index (χ4n) is 4.78. The Morgan fingerprint density at radius 2 is 1.74 bits per heavy atom. The van der Waals surface area contributed by atoms with E-state index < -0.39 is 74.7 Å². The van der Waals surface area contributed by atoms with Gasteiger partial charge in [-0.05, 0) is 11.8 Å². The summed E-state index contributed by atoms with van der Waals surface area (Å²) < 4.78 is 54.7. The molecule has 2 fully saturated rings. The van der Waals surface area contributed by atoms with E-state index >= 15 is 8.78 Å². The van der Waals surface area contributed by atoms with Crippen molar-refractivity contribution in [3.63, 3.8) is 0 Å². The lowest BCUT2D eigenvalue weighted by Gasteiger charge is -2.26. The van der Waals surface area contributed by atoms with E-state index in [-0.39, 0.29) is 34.1 Å². The van der Waals surface area contributed by atoms with E-state index in [0.717, 1.165) is 17.2 Å². The molecule has 8 N–H and O–H groups in total. The molecule has 42 heavy (non-hydrogen) atoms. The van der Waals surface area contributed by atoms with Crippen molar-refractivity contribution in [1.29, 1.82) is 0 Å². The molecular weight excluding hydrogens is 609 g/mol. The van der Waals surface area contributed by atoms with Crippen LogP contribution in [0.15, 0.2) is 23.8 Å². The highest BCUT2D eigenvalue weighted by atomic mass is 32.5. The maximum atomic E-state index is 15.3. The molecule has 0 aromatic carbocycles. The zero-order valence-electron chi connectivity index (χ0n) is 21.0. The number of nitrogens with one attached hydrogen (secondary N) is 1. The number of hydrogen-bond donors (Lipinski definition) is 6. The Hall–Kier alpha value is -3.27. The number of aromatic amines is 1. The van der Waals surface area contributed by atoms with Crippen LogP contribution < -0.4 is 17.0 Å². The molecule has 6 rings (SSSR count). The summed E-state index contributed by atoms with van der Waals surface area (Å²) in [6.45, 7) is -5.77. The monoisotopic (exact) mass is 632 g/mol. The third kappa shape index (κ3) is 4.91. The van der Waals surface area contributed by atoms with Gasteiger partial charge in [0.1, 0.15) is 36.3 Å². The number of aliphatic hydroxyl groups excluding tert-OH is 2. The molecule has 226 valence electrons. The van der Waals surface area contributed by atoms with E-state index in [1.165, 1.54) is 10.9 Å². The predicted molar refractivity (Wildman–Crippen MR) is 140 cm³/mol. The molecule has 2 aliphatic heterocycles. The SMILES string of the molecule is Nc1nc2c(ncn2C2O[C@H](CO)[C@@H](F)[C@H]2OP(O)(=S)OC[C@H]2O[C@@H](n3cnc4c(N)ncnc43)[C@@H](F)[C@@H]2O)c(=O)[nH]1. The van der Waals surface area contributed by atoms with Crippen LogP contribution in [-0.4, -0.2) is 104 Å². The molecule has 6 heterocycles. The van der Waals surface area contributed by atoms with E-state index in [1.807, 2.05) is 0 Å². The lowest BCUT2D eigenvalue weighted by Crippen LogP contribution is -2.33. The van der Waals surface area contributed by atoms with Gasteiger partial charge in [-0.15, -0.1) is 0 Å². The van der Waals surface area contributed by atoms with Crippen molar-refractivity contribution < 1.29 is 42.4 Å². The van der Waals surface area contributed by atoms with Gasteiger partial charge in [-0.25, -0.2) is 28.7 Å². The van der Waals surface area contributed by atoms with Crippen LogP contribution in [0.1, 0.15) is 12.5 Å². The standard InChI is InChI=1S/C20H23F2N10O8PS/c21-8-6(1-33)38-19(32-5-28-11-16(32)29-20(24)30-17(11)35)13(8)40-41(36,42)37-2-7-12(34)9(22)18(39-7)31-4-27-10-14(23)25-3-26-15(10)31/h3-9,12-13,18-19,33-34H,1-2H2,(H,36,42)(H2,23,25,26)(H3,24,29,30,35)/t6-,7-,8-,9+,12-,13-,18-,19?,41?/m1/s1. The second-order valence-corrected chi connectivity index (χ2v) is 12.2. The average molecular weight is 633 g/mol. The number of imidazole rings is 2. The first-order valence-corrected chi connectivity index (χ1v) is 14.8. The van der Waals surface area contributed by atoms with E-state index in [9.17, 15) is 19.9 Å². The van der Waals surface area contributed by atoms with Crippen molar-refractivity contribution in [2.75, 3.05) is 24.7 Å². The lowest BCUT2D eigenvalue weighted by molar-refractivity contribution is -0.0553. The number of nitrogens with zero attached hydrogens (tertiary/aromatic N) is 7. The number of aliphatic hydroxyl groups is 2. The van der Waals surface area contributed by atoms with Gasteiger partial charge in [-0.3, -0.25) is 23.4 Å². The Morgan fingerprint density at radius 3 is 2.48 bits per heavy atom. The Balaban J connectivity index is 1.19. The van der Waals surface area contributed by atoms with Crippen LogP contribution in [-0.2, 0) is 30.3 Å². The van der Waals surface area contributed by atoms with Gasteiger partial charge in [0.15, 0.2) is 47.4 Å². The number of H-pyrrole nitrogens is 1. The van der Waals surface area contributed by atoms with Crippen LogP contribution in [0.4, 0.5) is 20.5 Å². The highest BCUT2D eigenvalue weighted by Gasteiger charge is 2.51. The summed E-state index contributed by atoms with van der Waals surface area (Å²) in [6.07, 6.45) is -9.52. The van der Waals surface area contributed by atoms with Gasteiger partial charge in [-0.1, -0.05) is 0 Å². The summed E-state index contributed by atoms with van der Waals surface area (Å²) in [5.41, 5.74) is 10.8. The molecule has 9 atom stereocenters. The molecule has 0 amide bonds. The van der Waals surface area contributed by atoms with Crippen LogP contribution in [0.2, 0.25) is 0 Å². The van der Waals surface area contributed by atoms with Gasteiger partial charge >= 0.3 is 6.72 Å². The fourth-order valence-corrected chi connectivity index (χ4v) is 6.19. The zero-order chi connectivity index (χ0) is 29.9. The number of nitrogens with two attached hydrogens (primary N) is 2. The largest absolute Gasteiger partial charge is 0.394 e. The first-order chi connectivity index (χ1) is 20.0. The van der Waals surface area contributed by atoms with Crippen LogP contribution in [0.3, 0.4) is 0 Å². The molecule has 0 spiro atoms. The highest BCUT2D eigenvalue weighted by molar-refractivity contribution is 8.07. The first-order valence-electron chi connectivity index (χ1n) is 12.2. The second kappa shape index (κ2) is 10.8. The number of anilines is 2. The molecule has 0 bridgehead atoms. The molecule has 0 saturated carbocycles. The Morgan fingerprint density at radius 1 is 1.05 bits per heavy atom. The van der Waals surface area contributed by atoms with Gasteiger partial charge in [0.05, 0.1) is 25.9 Å². The minimum absolute atomic E-state index is 0.0595. The summed E-state index contributed by atoms with van der Waals surface area (Å²) in [5.74, 6) is -0.195. The molecule has 4 aromatic heterocycles. The molecule has 22 heteroatoms. The lowest BCUT2D eigenvalue weighted by atomic mass is 10.1. The summed E-state index contributed by atoms with van der Waals surface area (Å²) in [4.78, 5) is 45.1. The predicted octanol–water partition coefficient (Wildman–Crippen LogP) is -1.43. The Labute approximate surface area is 237 Å². The summed E-state index contributed by atoms with van der Waals surface area (Å²) in [6, 6.07) is 0. The zero-order valence-corrected chi connectivity index (χ0v) is 22.8. The van der Waals surface area contributed by atoms with Crippen molar-refractivity contribution in [2.24, 2.45) is 0 Å². The summed E-state index contributed by atoms with van der Waals surface area (Å²) in [5, 5.41) is 20.1.